The predicted molar refractivity (Wildman–Crippen MR) is 129 cm³/mol. The Morgan fingerprint density at radius 2 is 2.12 bits per heavy atom. The summed E-state index contributed by atoms with van der Waals surface area (Å²) in [4.78, 5) is 6.76. The van der Waals surface area contributed by atoms with Crippen molar-refractivity contribution < 1.29 is 13.7 Å². The van der Waals surface area contributed by atoms with E-state index < -0.39 is 0 Å². The molecule has 2 aromatic carbocycles. The molecule has 1 fully saturated rings. The van der Waals surface area contributed by atoms with E-state index in [-0.39, 0.29) is 5.82 Å². The zero-order valence-electron chi connectivity index (χ0n) is 17.4. The monoisotopic (exact) mass is 470 g/mol. The lowest BCUT2D eigenvalue weighted by atomic mass is 9.91. The van der Waals surface area contributed by atoms with Gasteiger partial charge in [-0.05, 0) is 74.9 Å². The number of thiazole rings is 1. The minimum absolute atomic E-state index is 0.299. The Balaban J connectivity index is 1.04. The van der Waals surface area contributed by atoms with Crippen molar-refractivity contribution in [1.82, 2.24) is 15.0 Å². The van der Waals surface area contributed by atoms with E-state index in [9.17, 15) is 4.39 Å². The number of ether oxygens (including phenoxy) is 1. The molecule has 32 heavy (non-hydrogen) atoms. The zero-order valence-corrected chi connectivity index (χ0v) is 19.1. The van der Waals surface area contributed by atoms with Crippen molar-refractivity contribution in [2.75, 3.05) is 31.6 Å². The van der Waals surface area contributed by atoms with Gasteiger partial charge in [0, 0.05) is 29.6 Å². The van der Waals surface area contributed by atoms with Crippen LogP contribution in [-0.4, -0.2) is 46.5 Å². The second-order valence-corrected chi connectivity index (χ2v) is 9.23. The molecule has 1 aliphatic heterocycles. The van der Waals surface area contributed by atoms with Crippen molar-refractivity contribution in [1.29, 1.82) is 0 Å². The van der Waals surface area contributed by atoms with Crippen molar-refractivity contribution in [3.05, 3.63) is 53.4 Å². The lowest BCUT2D eigenvalue weighted by molar-refractivity contribution is 0.189. The number of hydrogen-bond acceptors (Lipinski definition) is 7. The summed E-state index contributed by atoms with van der Waals surface area (Å²) in [6, 6.07) is 10.6. The Morgan fingerprint density at radius 1 is 1.25 bits per heavy atom. The van der Waals surface area contributed by atoms with Crippen molar-refractivity contribution in [3.63, 3.8) is 0 Å². The van der Waals surface area contributed by atoms with Gasteiger partial charge in [0.15, 0.2) is 5.58 Å². The molecule has 1 N–H and O–H groups in total. The van der Waals surface area contributed by atoms with Gasteiger partial charge in [-0.25, -0.2) is 9.37 Å². The molecule has 1 saturated heterocycles. The SMILES string of the molecule is Fc1ccc2c(C3CCN(CCCOC(=S)Nc4ccc5scnc5c4)CC3)noc2c1. The number of benzene rings is 2. The van der Waals surface area contributed by atoms with Crippen LogP contribution in [0.2, 0.25) is 0 Å². The molecule has 3 heterocycles. The van der Waals surface area contributed by atoms with Crippen molar-refractivity contribution in [3.8, 4) is 0 Å². The maximum atomic E-state index is 13.4. The summed E-state index contributed by atoms with van der Waals surface area (Å²) in [5.41, 5.74) is 5.16. The molecule has 0 saturated carbocycles. The highest BCUT2D eigenvalue weighted by molar-refractivity contribution is 7.80. The van der Waals surface area contributed by atoms with Gasteiger partial charge in [-0.3, -0.25) is 0 Å². The first-order chi connectivity index (χ1) is 15.7. The molecule has 0 bridgehead atoms. The van der Waals surface area contributed by atoms with E-state index in [0.717, 1.165) is 65.9 Å². The van der Waals surface area contributed by atoms with E-state index in [1.165, 1.54) is 12.1 Å². The van der Waals surface area contributed by atoms with Crippen LogP contribution in [0.3, 0.4) is 0 Å². The maximum Gasteiger partial charge on any atom is 0.261 e. The maximum absolute atomic E-state index is 13.4. The van der Waals surface area contributed by atoms with Crippen LogP contribution in [0.5, 0.6) is 0 Å². The van der Waals surface area contributed by atoms with Crippen LogP contribution in [0, 0.1) is 5.82 Å². The summed E-state index contributed by atoms with van der Waals surface area (Å²) < 4.78 is 25.5. The van der Waals surface area contributed by atoms with Gasteiger partial charge in [-0.15, -0.1) is 11.3 Å². The molecule has 0 atom stereocenters. The molecule has 2 aromatic heterocycles. The molecule has 0 radical (unpaired) electrons. The van der Waals surface area contributed by atoms with Gasteiger partial charge >= 0.3 is 0 Å². The fraction of sp³-hybridized carbons (Fsp3) is 0.348. The molecular weight excluding hydrogens is 447 g/mol. The zero-order chi connectivity index (χ0) is 21.9. The smallest absolute Gasteiger partial charge is 0.261 e. The number of nitrogens with one attached hydrogen (secondary N) is 1. The minimum Gasteiger partial charge on any atom is -0.471 e. The van der Waals surface area contributed by atoms with Crippen LogP contribution < -0.4 is 5.32 Å². The van der Waals surface area contributed by atoms with Crippen LogP contribution in [0.4, 0.5) is 10.1 Å². The van der Waals surface area contributed by atoms with Crippen molar-refractivity contribution >= 4 is 55.6 Å². The molecule has 0 unspecified atom stereocenters. The molecule has 0 spiro atoms. The second kappa shape index (κ2) is 9.48. The number of anilines is 1. The van der Waals surface area contributed by atoms with E-state index in [1.54, 1.807) is 17.4 Å². The number of hydrogen-bond donors (Lipinski definition) is 1. The summed E-state index contributed by atoms with van der Waals surface area (Å²) >= 11 is 6.93. The summed E-state index contributed by atoms with van der Waals surface area (Å²) in [7, 11) is 0. The van der Waals surface area contributed by atoms with Crippen molar-refractivity contribution in [2.45, 2.75) is 25.2 Å². The molecule has 9 heteroatoms. The van der Waals surface area contributed by atoms with Gasteiger partial charge in [-0.2, -0.15) is 0 Å². The summed E-state index contributed by atoms with van der Waals surface area (Å²) in [5, 5.41) is 8.65. The van der Waals surface area contributed by atoms with Crippen LogP contribution in [0.15, 0.2) is 46.4 Å². The first-order valence-electron chi connectivity index (χ1n) is 10.7. The number of fused-ring (bicyclic) bond motifs is 2. The number of likely N-dealkylation sites (tertiary alicyclic amines) is 1. The summed E-state index contributed by atoms with van der Waals surface area (Å²) in [6.07, 6.45) is 2.93. The van der Waals surface area contributed by atoms with E-state index in [4.69, 9.17) is 21.5 Å². The molecule has 1 aliphatic rings. The van der Waals surface area contributed by atoms with E-state index in [1.807, 2.05) is 23.7 Å². The molecule has 5 rings (SSSR count). The first kappa shape index (κ1) is 21.2. The van der Waals surface area contributed by atoms with Gasteiger partial charge in [0.1, 0.15) is 5.82 Å². The fourth-order valence-electron chi connectivity index (χ4n) is 4.20. The number of thiocarbonyl (C=S) groups is 1. The van der Waals surface area contributed by atoms with Crippen LogP contribution in [0.1, 0.15) is 30.9 Å². The van der Waals surface area contributed by atoms with Crippen LogP contribution >= 0.6 is 23.6 Å². The molecular formula is C23H23FN4O2S2. The third-order valence-corrected chi connectivity index (χ3v) is 6.89. The van der Waals surface area contributed by atoms with Gasteiger partial charge in [-0.1, -0.05) is 5.16 Å². The molecule has 0 amide bonds. The summed E-state index contributed by atoms with van der Waals surface area (Å²) in [6.45, 7) is 3.53. The minimum atomic E-state index is -0.299. The Hall–Kier alpha value is -2.62. The van der Waals surface area contributed by atoms with Gasteiger partial charge in [0.05, 0.1) is 28.0 Å². The topological polar surface area (TPSA) is 63.4 Å². The fourth-order valence-corrected chi connectivity index (χ4v) is 5.06. The van der Waals surface area contributed by atoms with Crippen molar-refractivity contribution in [2.24, 2.45) is 0 Å². The van der Waals surface area contributed by atoms with Gasteiger partial charge in [0.25, 0.3) is 5.17 Å². The average molecular weight is 471 g/mol. The lowest BCUT2D eigenvalue weighted by Crippen LogP contribution is -2.34. The Kier molecular flexibility index (Phi) is 6.29. The summed E-state index contributed by atoms with van der Waals surface area (Å²) in [5.74, 6) is 0.0495. The highest BCUT2D eigenvalue weighted by atomic mass is 32.1. The predicted octanol–water partition coefficient (Wildman–Crippen LogP) is 5.56. The number of halogens is 1. The molecule has 6 nitrogen and oxygen atoms in total. The number of piperidine rings is 1. The van der Waals surface area contributed by atoms with Gasteiger partial charge < -0.3 is 19.5 Å². The molecule has 0 aliphatic carbocycles. The van der Waals surface area contributed by atoms with E-state index in [0.29, 0.717) is 23.3 Å². The quantitative estimate of drug-likeness (QED) is 0.292. The van der Waals surface area contributed by atoms with E-state index in [2.05, 4.69) is 20.4 Å². The molecule has 166 valence electrons. The van der Waals surface area contributed by atoms with Crippen LogP contribution in [0.25, 0.3) is 21.2 Å². The Labute approximate surface area is 194 Å². The first-order valence-corrected chi connectivity index (χ1v) is 12.0. The number of rotatable bonds is 6. The highest BCUT2D eigenvalue weighted by Gasteiger charge is 2.25. The standard InChI is InChI=1S/C23H23FN4O2S2/c24-16-2-4-18-20(12-16)30-27-22(18)15-6-9-28(10-7-15)8-1-11-29-23(31)26-17-3-5-21-19(13-17)25-14-32-21/h2-5,12-15H,1,6-11H2,(H,26,31). The number of aromatic nitrogens is 2. The Bertz CT molecular complexity index is 1230. The third-order valence-electron chi connectivity index (χ3n) is 5.86. The van der Waals surface area contributed by atoms with Crippen LogP contribution in [-0.2, 0) is 4.74 Å². The lowest BCUT2D eigenvalue weighted by Gasteiger charge is -2.31. The second-order valence-electron chi connectivity index (χ2n) is 7.97. The average Bonchev–Trinajstić information content (AvgIpc) is 3.43. The highest BCUT2D eigenvalue weighted by Crippen LogP contribution is 2.32. The van der Waals surface area contributed by atoms with E-state index >= 15 is 0 Å². The largest absolute Gasteiger partial charge is 0.471 e. The third kappa shape index (κ3) is 4.74. The Morgan fingerprint density at radius 3 is 3.00 bits per heavy atom. The molecule has 4 aromatic rings. The number of nitrogens with zero attached hydrogens (tertiary/aromatic N) is 3. The normalized spacial score (nSPS) is 15.4. The van der Waals surface area contributed by atoms with Gasteiger partial charge in [0.2, 0.25) is 0 Å².